The van der Waals surface area contributed by atoms with Crippen molar-refractivity contribution in [3.05, 3.63) is 35.4 Å². The van der Waals surface area contributed by atoms with Crippen LogP contribution in [0.15, 0.2) is 30.3 Å². The SMILES string of the molecule is CN1C(C)(C)CC(Nc2ccc(-c3ccc(Cl)cc3O)nn2)CC1(C)C. The van der Waals surface area contributed by atoms with Gasteiger partial charge in [-0.3, -0.25) is 4.90 Å². The molecule has 0 aliphatic carbocycles. The molecule has 0 saturated carbocycles. The summed E-state index contributed by atoms with van der Waals surface area (Å²) >= 11 is 5.88. The Labute approximate surface area is 160 Å². The van der Waals surface area contributed by atoms with Crippen LogP contribution in [0.2, 0.25) is 5.02 Å². The third kappa shape index (κ3) is 3.79. The zero-order valence-electron chi connectivity index (χ0n) is 16.0. The molecule has 2 aromatic rings. The average Bonchev–Trinajstić information content (AvgIpc) is 2.53. The number of rotatable bonds is 3. The van der Waals surface area contributed by atoms with Crippen molar-refractivity contribution < 1.29 is 5.11 Å². The lowest BCUT2D eigenvalue weighted by Crippen LogP contribution is -2.61. The summed E-state index contributed by atoms with van der Waals surface area (Å²) in [4.78, 5) is 2.45. The molecule has 0 spiro atoms. The van der Waals surface area contributed by atoms with Crippen LogP contribution >= 0.6 is 11.6 Å². The first-order valence-electron chi connectivity index (χ1n) is 8.92. The van der Waals surface area contributed by atoms with Crippen molar-refractivity contribution in [1.29, 1.82) is 0 Å². The minimum atomic E-state index is 0.103. The molecule has 26 heavy (non-hydrogen) atoms. The van der Waals surface area contributed by atoms with E-state index in [9.17, 15) is 5.11 Å². The number of nitrogens with zero attached hydrogens (tertiary/aromatic N) is 3. The lowest BCUT2D eigenvalue weighted by Gasteiger charge is -2.53. The summed E-state index contributed by atoms with van der Waals surface area (Å²) in [7, 11) is 2.20. The average molecular weight is 375 g/mol. The number of anilines is 1. The number of likely N-dealkylation sites (tertiary alicyclic amines) is 1. The molecule has 140 valence electrons. The van der Waals surface area contributed by atoms with Crippen molar-refractivity contribution in [1.82, 2.24) is 15.1 Å². The normalized spacial score (nSPS) is 20.1. The van der Waals surface area contributed by atoms with Crippen molar-refractivity contribution in [3.63, 3.8) is 0 Å². The standard InChI is InChI=1S/C20H27ClN4O/c1-19(2)11-14(12-20(3,4)25(19)5)22-18-9-8-16(23-24-18)15-7-6-13(21)10-17(15)26/h6-10,14,26H,11-12H2,1-5H3,(H,22,24). The summed E-state index contributed by atoms with van der Waals surface area (Å²) in [5.74, 6) is 0.856. The van der Waals surface area contributed by atoms with Gasteiger partial charge in [-0.25, -0.2) is 0 Å². The van der Waals surface area contributed by atoms with Gasteiger partial charge < -0.3 is 10.4 Å². The monoisotopic (exact) mass is 374 g/mol. The molecule has 5 nitrogen and oxygen atoms in total. The molecule has 3 rings (SSSR count). The van der Waals surface area contributed by atoms with E-state index in [0.29, 0.717) is 22.3 Å². The quantitative estimate of drug-likeness (QED) is 0.824. The van der Waals surface area contributed by atoms with E-state index in [1.54, 1.807) is 12.1 Å². The maximum atomic E-state index is 10.0. The molecule has 0 bridgehead atoms. The van der Waals surface area contributed by atoms with Crippen LogP contribution in [-0.4, -0.2) is 44.4 Å². The number of phenols is 1. The lowest BCUT2D eigenvalue weighted by molar-refractivity contribution is -0.00773. The highest BCUT2D eigenvalue weighted by Crippen LogP contribution is 2.38. The van der Waals surface area contributed by atoms with Crippen LogP contribution in [-0.2, 0) is 0 Å². The van der Waals surface area contributed by atoms with E-state index in [1.807, 2.05) is 12.1 Å². The molecule has 0 radical (unpaired) electrons. The fourth-order valence-corrected chi connectivity index (χ4v) is 4.12. The minimum Gasteiger partial charge on any atom is -0.507 e. The van der Waals surface area contributed by atoms with Gasteiger partial charge in [0.2, 0.25) is 0 Å². The van der Waals surface area contributed by atoms with Gasteiger partial charge in [-0.2, -0.15) is 0 Å². The Morgan fingerprint density at radius 3 is 2.27 bits per heavy atom. The summed E-state index contributed by atoms with van der Waals surface area (Å²) in [6.45, 7) is 9.11. The Morgan fingerprint density at radius 2 is 1.73 bits per heavy atom. The van der Waals surface area contributed by atoms with Crippen molar-refractivity contribution in [2.45, 2.75) is 57.7 Å². The molecule has 2 N–H and O–H groups in total. The predicted octanol–water partition coefficient (Wildman–Crippen LogP) is 4.57. The van der Waals surface area contributed by atoms with Crippen molar-refractivity contribution in [2.24, 2.45) is 0 Å². The lowest BCUT2D eigenvalue weighted by atomic mass is 9.77. The molecule has 2 heterocycles. The van der Waals surface area contributed by atoms with Gasteiger partial charge in [0.05, 0.1) is 5.69 Å². The van der Waals surface area contributed by atoms with Gasteiger partial charge in [-0.15, -0.1) is 10.2 Å². The first-order valence-corrected chi connectivity index (χ1v) is 9.29. The topological polar surface area (TPSA) is 61.3 Å². The van der Waals surface area contributed by atoms with E-state index < -0.39 is 0 Å². The number of hydrogen-bond donors (Lipinski definition) is 2. The van der Waals surface area contributed by atoms with Gasteiger partial charge in [-0.05, 0) is 77.9 Å². The van der Waals surface area contributed by atoms with E-state index in [1.165, 1.54) is 6.07 Å². The van der Waals surface area contributed by atoms with E-state index in [2.05, 4.69) is 55.2 Å². The molecule has 1 fully saturated rings. The summed E-state index contributed by atoms with van der Waals surface area (Å²) in [6.07, 6.45) is 2.07. The second kappa shape index (κ2) is 6.71. The number of piperidine rings is 1. The van der Waals surface area contributed by atoms with Crippen LogP contribution in [0.3, 0.4) is 0 Å². The van der Waals surface area contributed by atoms with Gasteiger partial charge in [0.1, 0.15) is 11.6 Å². The van der Waals surface area contributed by atoms with Crippen LogP contribution in [0.5, 0.6) is 5.75 Å². The van der Waals surface area contributed by atoms with E-state index in [-0.39, 0.29) is 16.8 Å². The van der Waals surface area contributed by atoms with Crippen LogP contribution < -0.4 is 5.32 Å². The number of aromatic hydroxyl groups is 1. The molecule has 0 atom stereocenters. The molecule has 1 aliphatic rings. The Bertz CT molecular complexity index is 771. The fraction of sp³-hybridized carbons (Fsp3) is 0.500. The van der Waals surface area contributed by atoms with Crippen molar-refractivity contribution >= 4 is 17.4 Å². The largest absolute Gasteiger partial charge is 0.507 e. The number of hydrogen-bond acceptors (Lipinski definition) is 5. The molecule has 1 aromatic carbocycles. The van der Waals surface area contributed by atoms with Gasteiger partial charge in [0.25, 0.3) is 0 Å². The number of aromatic nitrogens is 2. The van der Waals surface area contributed by atoms with E-state index in [4.69, 9.17) is 11.6 Å². The molecule has 1 aliphatic heterocycles. The number of phenolic OH excluding ortho intramolecular Hbond substituents is 1. The third-order valence-electron chi connectivity index (χ3n) is 5.56. The fourth-order valence-electron chi connectivity index (χ4n) is 3.96. The van der Waals surface area contributed by atoms with Gasteiger partial charge in [0.15, 0.2) is 0 Å². The molecule has 0 unspecified atom stereocenters. The Hall–Kier alpha value is -1.85. The van der Waals surface area contributed by atoms with E-state index >= 15 is 0 Å². The first kappa shape index (κ1) is 18.9. The molecule has 1 saturated heterocycles. The zero-order chi connectivity index (χ0) is 19.1. The Balaban J connectivity index is 1.75. The number of halogens is 1. The van der Waals surface area contributed by atoms with Gasteiger partial charge in [0, 0.05) is 27.7 Å². The van der Waals surface area contributed by atoms with Crippen molar-refractivity contribution in [2.75, 3.05) is 12.4 Å². The predicted molar refractivity (Wildman–Crippen MR) is 107 cm³/mol. The number of benzene rings is 1. The summed E-state index contributed by atoms with van der Waals surface area (Å²) in [5.41, 5.74) is 1.47. The molecule has 0 amide bonds. The van der Waals surface area contributed by atoms with Crippen LogP contribution in [0.4, 0.5) is 5.82 Å². The maximum Gasteiger partial charge on any atom is 0.148 e. The molecular formula is C20H27ClN4O. The van der Waals surface area contributed by atoms with Crippen LogP contribution in [0.1, 0.15) is 40.5 Å². The molecule has 1 aromatic heterocycles. The number of nitrogens with one attached hydrogen (secondary N) is 1. The summed E-state index contributed by atoms with van der Waals surface area (Å²) < 4.78 is 0. The summed E-state index contributed by atoms with van der Waals surface area (Å²) in [5, 5.41) is 22.6. The highest BCUT2D eigenvalue weighted by Gasteiger charge is 2.43. The zero-order valence-corrected chi connectivity index (χ0v) is 16.8. The van der Waals surface area contributed by atoms with Crippen molar-refractivity contribution in [3.8, 4) is 17.0 Å². The molecule has 6 heteroatoms. The highest BCUT2D eigenvalue weighted by molar-refractivity contribution is 6.30. The van der Waals surface area contributed by atoms with Gasteiger partial charge in [-0.1, -0.05) is 11.6 Å². The highest BCUT2D eigenvalue weighted by atomic mass is 35.5. The first-order chi connectivity index (χ1) is 12.1. The van der Waals surface area contributed by atoms with Crippen LogP contribution in [0, 0.1) is 0 Å². The summed E-state index contributed by atoms with van der Waals surface area (Å²) in [6, 6.07) is 9.09. The maximum absolute atomic E-state index is 10.0. The van der Waals surface area contributed by atoms with Gasteiger partial charge >= 0.3 is 0 Å². The minimum absolute atomic E-state index is 0.103. The molecular weight excluding hydrogens is 348 g/mol. The Kier molecular flexibility index (Phi) is 4.88. The van der Waals surface area contributed by atoms with E-state index in [0.717, 1.165) is 18.7 Å². The second-order valence-corrected chi connectivity index (χ2v) is 8.84. The van der Waals surface area contributed by atoms with Crippen LogP contribution in [0.25, 0.3) is 11.3 Å². The third-order valence-corrected chi connectivity index (χ3v) is 5.80. The smallest absolute Gasteiger partial charge is 0.148 e. The second-order valence-electron chi connectivity index (χ2n) is 8.40. The Morgan fingerprint density at radius 1 is 1.08 bits per heavy atom.